The quantitative estimate of drug-likeness (QED) is 0.785. The molecule has 1 saturated heterocycles. The first-order valence-corrected chi connectivity index (χ1v) is 5.81. The fraction of sp³-hybridized carbons (Fsp3) is 0.583. The van der Waals surface area contributed by atoms with E-state index in [-0.39, 0.29) is 11.4 Å². The Morgan fingerprint density at radius 3 is 3.00 bits per heavy atom. The summed E-state index contributed by atoms with van der Waals surface area (Å²) in [4.78, 5) is 10.6. The van der Waals surface area contributed by atoms with E-state index in [0.717, 1.165) is 6.42 Å². The third-order valence-corrected chi connectivity index (χ3v) is 3.12. The second-order valence-electron chi connectivity index (χ2n) is 4.36. The molecule has 0 amide bonds. The summed E-state index contributed by atoms with van der Waals surface area (Å²) >= 11 is 0. The minimum atomic E-state index is -1.06. The summed E-state index contributed by atoms with van der Waals surface area (Å²) in [5, 5.41) is 11.9. The van der Waals surface area contributed by atoms with E-state index in [2.05, 4.69) is 5.32 Å². The molecule has 0 radical (unpaired) electrons. The van der Waals surface area contributed by atoms with Crippen molar-refractivity contribution in [3.8, 4) is 0 Å². The van der Waals surface area contributed by atoms with Crippen molar-refractivity contribution in [3.05, 3.63) is 23.7 Å². The number of ether oxygens (including phenoxy) is 2. The molecule has 1 aliphatic rings. The molecule has 0 aliphatic carbocycles. The maximum Gasteiger partial charge on any atom is 0.371 e. The van der Waals surface area contributed by atoms with Crippen LogP contribution >= 0.6 is 0 Å². The van der Waals surface area contributed by atoms with Gasteiger partial charge >= 0.3 is 5.97 Å². The zero-order valence-corrected chi connectivity index (χ0v) is 10.3. The molecular weight excluding hydrogens is 238 g/mol. The smallest absolute Gasteiger partial charge is 0.371 e. The van der Waals surface area contributed by atoms with E-state index in [4.69, 9.17) is 19.0 Å². The molecule has 1 aromatic rings. The highest BCUT2D eigenvalue weighted by molar-refractivity contribution is 5.84. The van der Waals surface area contributed by atoms with Gasteiger partial charge in [-0.25, -0.2) is 4.79 Å². The summed E-state index contributed by atoms with van der Waals surface area (Å²) in [7, 11) is 1.67. The zero-order chi connectivity index (χ0) is 13.0. The van der Waals surface area contributed by atoms with Gasteiger partial charge in [-0.2, -0.15) is 0 Å². The number of carboxylic acids is 1. The van der Waals surface area contributed by atoms with E-state index >= 15 is 0 Å². The maximum atomic E-state index is 10.6. The predicted molar refractivity (Wildman–Crippen MR) is 62.6 cm³/mol. The molecule has 2 heterocycles. The predicted octanol–water partition coefficient (Wildman–Crippen LogP) is 0.873. The van der Waals surface area contributed by atoms with Crippen molar-refractivity contribution in [1.82, 2.24) is 5.32 Å². The summed E-state index contributed by atoms with van der Waals surface area (Å²) in [6.45, 7) is 2.40. The average Bonchev–Trinajstić information content (AvgIpc) is 2.98. The van der Waals surface area contributed by atoms with Crippen molar-refractivity contribution in [2.45, 2.75) is 18.6 Å². The second kappa shape index (κ2) is 5.51. The average molecular weight is 255 g/mol. The molecule has 2 rings (SSSR count). The van der Waals surface area contributed by atoms with Crippen LogP contribution in [0.3, 0.4) is 0 Å². The van der Waals surface area contributed by atoms with Crippen LogP contribution in [0.1, 0.15) is 22.7 Å². The van der Waals surface area contributed by atoms with Gasteiger partial charge in [0.05, 0.1) is 13.2 Å². The SMILES string of the molecule is COC1(CNCc2ccc(C(=O)O)o2)CCOC1. The lowest BCUT2D eigenvalue weighted by Gasteiger charge is -2.25. The van der Waals surface area contributed by atoms with Crippen LogP contribution in [0, 0.1) is 0 Å². The van der Waals surface area contributed by atoms with E-state index < -0.39 is 5.97 Å². The Hall–Kier alpha value is -1.37. The van der Waals surface area contributed by atoms with Crippen LogP contribution in [-0.2, 0) is 16.0 Å². The lowest BCUT2D eigenvalue weighted by molar-refractivity contribution is -0.0161. The van der Waals surface area contributed by atoms with Gasteiger partial charge < -0.3 is 24.3 Å². The summed E-state index contributed by atoms with van der Waals surface area (Å²) < 4.78 is 15.9. The van der Waals surface area contributed by atoms with Gasteiger partial charge in [0.25, 0.3) is 0 Å². The number of aromatic carboxylic acids is 1. The first-order valence-electron chi connectivity index (χ1n) is 5.81. The van der Waals surface area contributed by atoms with E-state index in [9.17, 15) is 4.79 Å². The number of rotatable bonds is 6. The van der Waals surface area contributed by atoms with Gasteiger partial charge in [-0.05, 0) is 12.1 Å². The Morgan fingerprint density at radius 1 is 1.61 bits per heavy atom. The Kier molecular flexibility index (Phi) is 4.00. The molecule has 1 unspecified atom stereocenters. The number of nitrogens with one attached hydrogen (secondary N) is 1. The molecule has 6 heteroatoms. The molecular formula is C12H17NO5. The topological polar surface area (TPSA) is 80.9 Å². The Morgan fingerprint density at radius 2 is 2.44 bits per heavy atom. The Bertz CT molecular complexity index is 408. The van der Waals surface area contributed by atoms with Crippen LogP contribution < -0.4 is 5.32 Å². The molecule has 100 valence electrons. The van der Waals surface area contributed by atoms with Crippen molar-refractivity contribution >= 4 is 5.97 Å². The van der Waals surface area contributed by atoms with Crippen LogP contribution in [-0.4, -0.2) is 43.5 Å². The highest BCUT2D eigenvalue weighted by Gasteiger charge is 2.34. The van der Waals surface area contributed by atoms with Crippen molar-refractivity contribution in [2.24, 2.45) is 0 Å². The largest absolute Gasteiger partial charge is 0.475 e. The molecule has 0 spiro atoms. The number of furan rings is 1. The standard InChI is InChI=1S/C12H17NO5/c1-16-12(4-5-17-8-12)7-13-6-9-2-3-10(18-9)11(14)15/h2-3,13H,4-8H2,1H3,(H,14,15). The molecule has 1 aliphatic heterocycles. The molecule has 0 bridgehead atoms. The molecule has 18 heavy (non-hydrogen) atoms. The molecule has 6 nitrogen and oxygen atoms in total. The first kappa shape index (κ1) is 13.1. The van der Waals surface area contributed by atoms with E-state index in [1.807, 2.05) is 0 Å². The Balaban J connectivity index is 1.82. The van der Waals surface area contributed by atoms with Crippen LogP contribution in [0.5, 0.6) is 0 Å². The number of carbonyl (C=O) groups is 1. The van der Waals surface area contributed by atoms with Crippen LogP contribution in [0.2, 0.25) is 0 Å². The first-order chi connectivity index (χ1) is 8.65. The highest BCUT2D eigenvalue weighted by atomic mass is 16.5. The fourth-order valence-corrected chi connectivity index (χ4v) is 1.96. The van der Waals surface area contributed by atoms with Crippen molar-refractivity contribution < 1.29 is 23.8 Å². The van der Waals surface area contributed by atoms with Crippen molar-refractivity contribution in [1.29, 1.82) is 0 Å². The lowest BCUT2D eigenvalue weighted by atomic mass is 10.0. The number of hydrogen-bond acceptors (Lipinski definition) is 5. The fourth-order valence-electron chi connectivity index (χ4n) is 1.96. The summed E-state index contributed by atoms with van der Waals surface area (Å²) in [5.74, 6) is -0.506. The van der Waals surface area contributed by atoms with Gasteiger partial charge in [0.15, 0.2) is 0 Å². The number of methoxy groups -OCH3 is 1. The van der Waals surface area contributed by atoms with Gasteiger partial charge in [-0.15, -0.1) is 0 Å². The van der Waals surface area contributed by atoms with Crippen LogP contribution in [0.15, 0.2) is 16.5 Å². The number of hydrogen-bond donors (Lipinski definition) is 2. The maximum absolute atomic E-state index is 10.6. The molecule has 0 aromatic carbocycles. The molecule has 2 N–H and O–H groups in total. The second-order valence-corrected chi connectivity index (χ2v) is 4.36. The van der Waals surface area contributed by atoms with Crippen LogP contribution in [0.25, 0.3) is 0 Å². The van der Waals surface area contributed by atoms with E-state index in [0.29, 0.717) is 32.1 Å². The van der Waals surface area contributed by atoms with Crippen LogP contribution in [0.4, 0.5) is 0 Å². The van der Waals surface area contributed by atoms with Gasteiger partial charge in [-0.3, -0.25) is 0 Å². The van der Waals surface area contributed by atoms with Crippen molar-refractivity contribution in [2.75, 3.05) is 26.9 Å². The molecule has 1 atom stereocenters. The number of carboxylic acid groups (broad SMARTS) is 1. The van der Waals surface area contributed by atoms with E-state index in [1.54, 1.807) is 13.2 Å². The van der Waals surface area contributed by atoms with E-state index in [1.165, 1.54) is 6.07 Å². The lowest BCUT2D eigenvalue weighted by Crippen LogP contribution is -2.42. The monoisotopic (exact) mass is 255 g/mol. The zero-order valence-electron chi connectivity index (χ0n) is 10.3. The Labute approximate surface area is 105 Å². The highest BCUT2D eigenvalue weighted by Crippen LogP contribution is 2.21. The van der Waals surface area contributed by atoms with Gasteiger partial charge in [0.2, 0.25) is 5.76 Å². The normalized spacial score (nSPS) is 23.4. The van der Waals surface area contributed by atoms with Gasteiger partial charge in [0, 0.05) is 26.7 Å². The van der Waals surface area contributed by atoms with Gasteiger partial charge in [-0.1, -0.05) is 0 Å². The molecule has 1 fully saturated rings. The summed E-state index contributed by atoms with van der Waals surface area (Å²) in [6.07, 6.45) is 0.856. The van der Waals surface area contributed by atoms with Gasteiger partial charge in [0.1, 0.15) is 11.4 Å². The van der Waals surface area contributed by atoms with Crippen molar-refractivity contribution in [3.63, 3.8) is 0 Å². The third kappa shape index (κ3) is 2.90. The summed E-state index contributed by atoms with van der Waals surface area (Å²) in [6, 6.07) is 3.10. The summed E-state index contributed by atoms with van der Waals surface area (Å²) in [5.41, 5.74) is -0.276. The molecule has 1 aromatic heterocycles. The third-order valence-electron chi connectivity index (χ3n) is 3.12. The minimum absolute atomic E-state index is 0.0440. The molecule has 0 saturated carbocycles. The minimum Gasteiger partial charge on any atom is -0.475 e.